The van der Waals surface area contributed by atoms with Crippen molar-refractivity contribution in [2.75, 3.05) is 20.0 Å². The van der Waals surface area contributed by atoms with Gasteiger partial charge < -0.3 is 14.6 Å². The van der Waals surface area contributed by atoms with E-state index in [9.17, 15) is 18.3 Å². The quantitative estimate of drug-likeness (QED) is 0.358. The smallest absolute Gasteiger partial charge is 0.336 e. The zero-order chi connectivity index (χ0) is 12.3. The largest absolute Gasteiger partial charge is 0.616 e. The molecule has 0 aromatic heterocycles. The van der Waals surface area contributed by atoms with Crippen LogP contribution < -0.4 is 5.11 Å². The Balaban J connectivity index is 3.07. The van der Waals surface area contributed by atoms with E-state index >= 15 is 0 Å². The molecule has 0 saturated heterocycles. The lowest BCUT2D eigenvalue weighted by atomic mass is 10.0. The molecule has 1 atom stereocenters. The maximum atomic E-state index is 11.3. The van der Waals surface area contributed by atoms with Gasteiger partial charge in [-0.3, -0.25) is 0 Å². The predicted molar refractivity (Wildman–Crippen MR) is 52.5 cm³/mol. The van der Waals surface area contributed by atoms with Crippen molar-refractivity contribution in [2.45, 2.75) is 0 Å². The Morgan fingerprint density at radius 1 is 1.38 bits per heavy atom. The van der Waals surface area contributed by atoms with Crippen molar-refractivity contribution in [1.29, 1.82) is 0 Å². The van der Waals surface area contributed by atoms with E-state index in [1.807, 2.05) is 0 Å². The van der Waals surface area contributed by atoms with Crippen LogP contribution in [0.15, 0.2) is 23.0 Å². The van der Waals surface area contributed by atoms with E-state index in [2.05, 4.69) is 9.47 Å². The molecule has 0 amide bonds. The van der Waals surface area contributed by atoms with Crippen LogP contribution in [-0.4, -0.2) is 34.4 Å². The van der Waals surface area contributed by atoms with Gasteiger partial charge in [-0.1, -0.05) is 6.08 Å². The Kier molecular flexibility index (Phi) is 3.58. The first-order chi connectivity index (χ1) is 7.41. The van der Waals surface area contributed by atoms with Crippen LogP contribution in [0.4, 0.5) is 0 Å². The van der Waals surface area contributed by atoms with Crippen molar-refractivity contribution < 1.29 is 27.8 Å². The van der Waals surface area contributed by atoms with Crippen molar-refractivity contribution in [3.05, 3.63) is 23.0 Å². The molecule has 1 rings (SSSR count). The normalized spacial score (nSPS) is 23.8. The molecule has 16 heavy (non-hydrogen) atoms. The second kappa shape index (κ2) is 4.56. The Bertz CT molecular complexity index is 445. The molecule has 0 N–H and O–H groups in total. The van der Waals surface area contributed by atoms with Crippen molar-refractivity contribution in [1.82, 2.24) is 0 Å². The standard InChI is InChI=1S/C9H12O6S/c1-14-8(10)7(9(11)15-2)6-3-4-16(12,13)5-6/h3-4,6,10H,5H2,1-2H3/p-1/b8-7-. The third kappa shape index (κ3) is 2.54. The summed E-state index contributed by atoms with van der Waals surface area (Å²) in [6.45, 7) is 0. The fourth-order valence-electron chi connectivity index (χ4n) is 1.36. The summed E-state index contributed by atoms with van der Waals surface area (Å²) in [5.74, 6) is -2.87. The third-order valence-corrected chi connectivity index (χ3v) is 3.51. The third-order valence-electron chi connectivity index (χ3n) is 2.11. The molecule has 6 nitrogen and oxygen atoms in total. The zero-order valence-corrected chi connectivity index (χ0v) is 9.61. The van der Waals surface area contributed by atoms with Gasteiger partial charge in [0.2, 0.25) is 0 Å². The fourth-order valence-corrected chi connectivity index (χ4v) is 2.68. The highest BCUT2D eigenvalue weighted by molar-refractivity contribution is 7.94. The molecule has 1 heterocycles. The summed E-state index contributed by atoms with van der Waals surface area (Å²) in [6.07, 6.45) is 1.28. The average Bonchev–Trinajstić information content (AvgIpc) is 2.58. The molecule has 90 valence electrons. The summed E-state index contributed by atoms with van der Waals surface area (Å²) in [7, 11) is -1.12. The number of methoxy groups -OCH3 is 2. The van der Waals surface area contributed by atoms with Gasteiger partial charge in [-0.2, -0.15) is 0 Å². The minimum atomic E-state index is -3.34. The summed E-state index contributed by atoms with van der Waals surface area (Å²) in [5.41, 5.74) is -0.303. The zero-order valence-electron chi connectivity index (χ0n) is 8.80. The van der Waals surface area contributed by atoms with Crippen LogP contribution in [0.5, 0.6) is 0 Å². The van der Waals surface area contributed by atoms with Crippen LogP contribution in [0.3, 0.4) is 0 Å². The minimum Gasteiger partial charge on any atom is -0.616 e. The van der Waals surface area contributed by atoms with Crippen LogP contribution in [0, 0.1) is 5.92 Å². The maximum Gasteiger partial charge on any atom is 0.336 e. The molecule has 0 aromatic carbocycles. The van der Waals surface area contributed by atoms with E-state index < -0.39 is 27.7 Å². The summed E-state index contributed by atoms with van der Waals surface area (Å²) in [4.78, 5) is 11.3. The van der Waals surface area contributed by atoms with Crippen LogP contribution in [0.25, 0.3) is 0 Å². The topological polar surface area (TPSA) is 92.7 Å². The van der Waals surface area contributed by atoms with Crippen LogP contribution >= 0.6 is 0 Å². The molecule has 0 aliphatic carbocycles. The Morgan fingerprint density at radius 2 is 2.00 bits per heavy atom. The van der Waals surface area contributed by atoms with Crippen molar-refractivity contribution in [3.8, 4) is 0 Å². The number of carbonyl (C=O) groups is 1. The monoisotopic (exact) mass is 247 g/mol. The summed E-state index contributed by atoms with van der Waals surface area (Å²) >= 11 is 0. The summed E-state index contributed by atoms with van der Waals surface area (Å²) in [5, 5.41) is 12.3. The number of rotatable bonds is 3. The lowest BCUT2D eigenvalue weighted by molar-refractivity contribution is -0.355. The first-order valence-electron chi connectivity index (χ1n) is 4.35. The number of sulfone groups is 1. The van der Waals surface area contributed by atoms with E-state index in [0.29, 0.717) is 0 Å². The van der Waals surface area contributed by atoms with Crippen LogP contribution in [0.2, 0.25) is 0 Å². The van der Waals surface area contributed by atoms with Gasteiger partial charge in [0.05, 0.1) is 24.4 Å². The molecule has 1 aliphatic rings. The predicted octanol–water partition coefficient (Wildman–Crippen LogP) is -1.06. The first-order valence-corrected chi connectivity index (χ1v) is 6.07. The number of hydrogen-bond donors (Lipinski definition) is 0. The van der Waals surface area contributed by atoms with Gasteiger partial charge in [-0.15, -0.1) is 0 Å². The molecule has 0 aromatic rings. The lowest BCUT2D eigenvalue weighted by Crippen LogP contribution is -2.23. The molecule has 0 saturated carbocycles. The molecule has 0 radical (unpaired) electrons. The highest BCUT2D eigenvalue weighted by Gasteiger charge is 2.30. The van der Waals surface area contributed by atoms with Gasteiger partial charge in [-0.25, -0.2) is 13.2 Å². The van der Waals surface area contributed by atoms with E-state index in [1.54, 1.807) is 0 Å². The average molecular weight is 247 g/mol. The van der Waals surface area contributed by atoms with Gasteiger partial charge >= 0.3 is 5.97 Å². The SMILES string of the molecule is COC(=O)/C(=C(/[O-])OC)C1C=CS(=O)(=O)C1. The molecule has 0 bridgehead atoms. The second-order valence-corrected chi connectivity index (χ2v) is 5.09. The van der Waals surface area contributed by atoms with E-state index in [1.165, 1.54) is 6.08 Å². The molecule has 7 heteroatoms. The first kappa shape index (κ1) is 12.6. The van der Waals surface area contributed by atoms with Gasteiger partial charge in [0.1, 0.15) is 0 Å². The Hall–Kier alpha value is -1.50. The van der Waals surface area contributed by atoms with Crippen LogP contribution in [-0.2, 0) is 24.1 Å². The molecule has 1 unspecified atom stereocenters. The van der Waals surface area contributed by atoms with E-state index in [0.717, 1.165) is 19.6 Å². The highest BCUT2D eigenvalue weighted by atomic mass is 32.2. The molecule has 0 spiro atoms. The lowest BCUT2D eigenvalue weighted by Gasteiger charge is -2.18. The Labute approximate surface area is 93.1 Å². The number of carbonyl (C=O) groups excluding carboxylic acids is 1. The summed E-state index contributed by atoms with van der Waals surface area (Å²) in [6, 6.07) is 0. The molecular formula is C9H11O6S-. The van der Waals surface area contributed by atoms with Crippen molar-refractivity contribution in [2.24, 2.45) is 5.92 Å². The van der Waals surface area contributed by atoms with Crippen molar-refractivity contribution >= 4 is 15.8 Å². The van der Waals surface area contributed by atoms with Crippen LogP contribution in [0.1, 0.15) is 0 Å². The number of allylic oxidation sites excluding steroid dienone is 1. The maximum absolute atomic E-state index is 11.3. The molecule has 0 fully saturated rings. The number of hydrogen-bond acceptors (Lipinski definition) is 6. The van der Waals surface area contributed by atoms with Gasteiger partial charge in [0.15, 0.2) is 9.84 Å². The van der Waals surface area contributed by atoms with Gasteiger partial charge in [-0.05, 0) is 7.11 Å². The van der Waals surface area contributed by atoms with E-state index in [4.69, 9.17) is 0 Å². The summed E-state index contributed by atoms with van der Waals surface area (Å²) < 4.78 is 31.1. The Morgan fingerprint density at radius 3 is 2.38 bits per heavy atom. The van der Waals surface area contributed by atoms with E-state index in [-0.39, 0.29) is 11.3 Å². The molecular weight excluding hydrogens is 236 g/mol. The fraction of sp³-hybridized carbons (Fsp3) is 0.444. The van der Waals surface area contributed by atoms with Gasteiger partial charge in [0, 0.05) is 11.3 Å². The second-order valence-electron chi connectivity index (χ2n) is 3.16. The minimum absolute atomic E-state index is 0.303. The number of ether oxygens (including phenoxy) is 2. The number of esters is 1. The van der Waals surface area contributed by atoms with Crippen molar-refractivity contribution in [3.63, 3.8) is 0 Å². The van der Waals surface area contributed by atoms with Gasteiger partial charge in [0.25, 0.3) is 0 Å². The molecule has 1 aliphatic heterocycles. The highest BCUT2D eigenvalue weighted by Crippen LogP contribution is 2.24.